The molecule has 5 nitrogen and oxygen atoms in total. The lowest BCUT2D eigenvalue weighted by Gasteiger charge is -2.30. The van der Waals surface area contributed by atoms with Crippen LogP contribution in [0.2, 0.25) is 0 Å². The molecule has 0 aromatic heterocycles. The van der Waals surface area contributed by atoms with Gasteiger partial charge in [0.15, 0.2) is 0 Å². The average Bonchev–Trinajstić information content (AvgIpc) is 2.50. The summed E-state index contributed by atoms with van der Waals surface area (Å²) in [6.07, 6.45) is 7.51. The number of benzene rings is 1. The molecule has 0 bridgehead atoms. The van der Waals surface area contributed by atoms with Crippen molar-refractivity contribution in [1.29, 1.82) is 0 Å². The van der Waals surface area contributed by atoms with Crippen LogP contribution in [0.3, 0.4) is 0 Å². The van der Waals surface area contributed by atoms with Crippen molar-refractivity contribution in [2.45, 2.75) is 50.5 Å². The van der Waals surface area contributed by atoms with E-state index in [1.807, 2.05) is 24.3 Å². The van der Waals surface area contributed by atoms with E-state index in [2.05, 4.69) is 5.43 Å². The SMILES string of the molecule is NNCCOc1cccc(OCC2(O)CCCCCCC2)c1. The predicted molar refractivity (Wildman–Crippen MR) is 86.9 cm³/mol. The second-order valence-corrected chi connectivity index (χ2v) is 6.06. The lowest BCUT2D eigenvalue weighted by molar-refractivity contribution is -0.0257. The van der Waals surface area contributed by atoms with Gasteiger partial charge in [0.1, 0.15) is 24.7 Å². The van der Waals surface area contributed by atoms with E-state index >= 15 is 0 Å². The molecule has 124 valence electrons. The van der Waals surface area contributed by atoms with E-state index < -0.39 is 5.60 Å². The second kappa shape index (κ2) is 8.98. The van der Waals surface area contributed by atoms with E-state index in [1.165, 1.54) is 19.3 Å². The number of nitrogens with two attached hydrogens (primary N) is 1. The fourth-order valence-corrected chi connectivity index (χ4v) is 2.81. The molecule has 1 fully saturated rings. The molecule has 0 heterocycles. The second-order valence-electron chi connectivity index (χ2n) is 6.06. The van der Waals surface area contributed by atoms with E-state index in [9.17, 15) is 5.11 Å². The normalized spacial score (nSPS) is 18.3. The van der Waals surface area contributed by atoms with Crippen molar-refractivity contribution in [3.63, 3.8) is 0 Å². The molecule has 5 heteroatoms. The number of aliphatic hydroxyl groups is 1. The first-order chi connectivity index (χ1) is 10.7. The van der Waals surface area contributed by atoms with Gasteiger partial charge in [-0.3, -0.25) is 11.3 Å². The number of hydrogen-bond acceptors (Lipinski definition) is 5. The molecule has 0 amide bonds. The van der Waals surface area contributed by atoms with E-state index in [4.69, 9.17) is 15.3 Å². The van der Waals surface area contributed by atoms with Gasteiger partial charge in [0.25, 0.3) is 0 Å². The topological polar surface area (TPSA) is 76.7 Å². The predicted octanol–water partition coefficient (Wildman–Crippen LogP) is 2.38. The van der Waals surface area contributed by atoms with Gasteiger partial charge in [0.05, 0.1) is 5.60 Å². The van der Waals surface area contributed by atoms with Crippen LogP contribution in [0.5, 0.6) is 11.5 Å². The molecule has 0 radical (unpaired) electrons. The third-order valence-electron chi connectivity index (χ3n) is 4.11. The van der Waals surface area contributed by atoms with E-state index in [-0.39, 0.29) is 0 Å². The Hall–Kier alpha value is -1.30. The molecule has 0 aliphatic heterocycles. The quantitative estimate of drug-likeness (QED) is 0.409. The Morgan fingerprint density at radius 1 is 1.05 bits per heavy atom. The van der Waals surface area contributed by atoms with Crippen LogP contribution in [0.25, 0.3) is 0 Å². The van der Waals surface area contributed by atoms with Crippen LogP contribution < -0.4 is 20.7 Å². The van der Waals surface area contributed by atoms with Gasteiger partial charge < -0.3 is 14.6 Å². The Morgan fingerprint density at radius 3 is 2.36 bits per heavy atom. The summed E-state index contributed by atoms with van der Waals surface area (Å²) in [4.78, 5) is 0. The summed E-state index contributed by atoms with van der Waals surface area (Å²) >= 11 is 0. The first-order valence-electron chi connectivity index (χ1n) is 8.23. The first-order valence-corrected chi connectivity index (χ1v) is 8.23. The molecule has 4 N–H and O–H groups in total. The lowest BCUT2D eigenvalue weighted by Crippen LogP contribution is -2.36. The van der Waals surface area contributed by atoms with Gasteiger partial charge in [-0.15, -0.1) is 0 Å². The Labute approximate surface area is 132 Å². The minimum Gasteiger partial charge on any atom is -0.492 e. The zero-order valence-electron chi connectivity index (χ0n) is 13.2. The zero-order chi connectivity index (χ0) is 15.7. The van der Waals surface area contributed by atoms with Crippen molar-refractivity contribution < 1.29 is 14.6 Å². The number of rotatable bonds is 7. The molecule has 0 spiro atoms. The molecule has 0 saturated heterocycles. The summed E-state index contributed by atoms with van der Waals surface area (Å²) in [5, 5.41) is 10.7. The maximum Gasteiger partial charge on any atom is 0.123 e. The van der Waals surface area contributed by atoms with Gasteiger partial charge in [-0.1, -0.05) is 38.2 Å². The monoisotopic (exact) mass is 308 g/mol. The Morgan fingerprint density at radius 2 is 1.68 bits per heavy atom. The highest BCUT2D eigenvalue weighted by Crippen LogP contribution is 2.28. The van der Waals surface area contributed by atoms with Crippen LogP contribution in [0, 0.1) is 0 Å². The fourth-order valence-electron chi connectivity index (χ4n) is 2.81. The van der Waals surface area contributed by atoms with Gasteiger partial charge in [-0.2, -0.15) is 0 Å². The van der Waals surface area contributed by atoms with Crippen LogP contribution in [0.1, 0.15) is 44.9 Å². The van der Waals surface area contributed by atoms with Gasteiger partial charge in [0, 0.05) is 12.6 Å². The third kappa shape index (κ3) is 5.83. The Bertz CT molecular complexity index is 432. The molecular formula is C17H28N2O3. The maximum atomic E-state index is 10.7. The van der Waals surface area contributed by atoms with Crippen molar-refractivity contribution in [1.82, 2.24) is 5.43 Å². The van der Waals surface area contributed by atoms with Crippen molar-refractivity contribution in [2.75, 3.05) is 19.8 Å². The zero-order valence-corrected chi connectivity index (χ0v) is 13.2. The summed E-state index contributed by atoms with van der Waals surface area (Å²) in [6, 6.07) is 7.51. The first kappa shape index (κ1) is 17.1. The summed E-state index contributed by atoms with van der Waals surface area (Å²) < 4.78 is 11.4. The van der Waals surface area contributed by atoms with Crippen molar-refractivity contribution >= 4 is 0 Å². The molecular weight excluding hydrogens is 280 g/mol. The molecule has 22 heavy (non-hydrogen) atoms. The van der Waals surface area contributed by atoms with Crippen LogP contribution in [-0.2, 0) is 0 Å². The molecule has 0 unspecified atom stereocenters. The number of ether oxygens (including phenoxy) is 2. The van der Waals surface area contributed by atoms with Crippen molar-refractivity contribution in [2.24, 2.45) is 5.84 Å². The van der Waals surface area contributed by atoms with E-state index in [1.54, 1.807) is 0 Å². The van der Waals surface area contributed by atoms with E-state index in [0.717, 1.165) is 37.2 Å². The standard InChI is InChI=1S/C17H28N2O3/c18-19-11-12-21-15-7-6-8-16(13-15)22-14-17(20)9-4-2-1-3-5-10-17/h6-8,13,19-20H,1-5,9-12,14,18H2. The summed E-state index contributed by atoms with van der Waals surface area (Å²) in [6.45, 7) is 1.44. The van der Waals surface area contributed by atoms with Crippen LogP contribution >= 0.6 is 0 Å². The summed E-state index contributed by atoms with van der Waals surface area (Å²) in [5.74, 6) is 6.69. The lowest BCUT2D eigenvalue weighted by atomic mass is 9.88. The molecule has 1 aliphatic rings. The van der Waals surface area contributed by atoms with Gasteiger partial charge in [-0.05, 0) is 25.0 Å². The van der Waals surface area contributed by atoms with Crippen molar-refractivity contribution in [3.05, 3.63) is 24.3 Å². The molecule has 1 aromatic carbocycles. The van der Waals surface area contributed by atoms with Crippen LogP contribution in [0.4, 0.5) is 0 Å². The highest BCUT2D eigenvalue weighted by molar-refractivity contribution is 5.33. The maximum absolute atomic E-state index is 10.7. The van der Waals surface area contributed by atoms with Crippen molar-refractivity contribution in [3.8, 4) is 11.5 Å². The number of nitrogens with one attached hydrogen (secondary N) is 1. The van der Waals surface area contributed by atoms with E-state index in [0.29, 0.717) is 19.8 Å². The van der Waals surface area contributed by atoms with Gasteiger partial charge >= 0.3 is 0 Å². The minimum absolute atomic E-state index is 0.348. The highest BCUT2D eigenvalue weighted by atomic mass is 16.5. The summed E-state index contributed by atoms with van der Waals surface area (Å²) in [7, 11) is 0. The molecule has 1 aliphatic carbocycles. The Kier molecular flexibility index (Phi) is 6.96. The molecule has 2 rings (SSSR count). The average molecular weight is 308 g/mol. The number of hydrogen-bond donors (Lipinski definition) is 3. The fraction of sp³-hybridized carbons (Fsp3) is 0.647. The molecule has 0 atom stereocenters. The molecule has 1 aromatic rings. The summed E-state index contributed by atoms with van der Waals surface area (Å²) in [5.41, 5.74) is 1.85. The largest absolute Gasteiger partial charge is 0.492 e. The number of hydrazine groups is 1. The smallest absolute Gasteiger partial charge is 0.123 e. The van der Waals surface area contributed by atoms with Gasteiger partial charge in [-0.25, -0.2) is 0 Å². The van der Waals surface area contributed by atoms with Crippen LogP contribution in [-0.4, -0.2) is 30.5 Å². The molecule has 1 saturated carbocycles. The Balaban J connectivity index is 1.85. The third-order valence-corrected chi connectivity index (χ3v) is 4.11. The minimum atomic E-state index is -0.694. The van der Waals surface area contributed by atoms with Gasteiger partial charge in [0.2, 0.25) is 0 Å². The highest BCUT2D eigenvalue weighted by Gasteiger charge is 2.28. The van der Waals surface area contributed by atoms with Crippen LogP contribution in [0.15, 0.2) is 24.3 Å².